The lowest BCUT2D eigenvalue weighted by Gasteiger charge is -2.08. The van der Waals surface area contributed by atoms with E-state index in [1.54, 1.807) is 12.1 Å². The molecule has 0 spiro atoms. The van der Waals surface area contributed by atoms with Crippen LogP contribution in [0.4, 0.5) is 0 Å². The van der Waals surface area contributed by atoms with E-state index < -0.39 is 11.2 Å². The standard InChI is InChI=1S/C14H10ClN3O3/c1-6-2-3-10(19)7(4-6)11-9(15)5-8-12(16-11)17-14(21)18-13(8)20/h2-5,19H,1H3,(H2,16,17,18,20,21). The van der Waals surface area contributed by atoms with Crippen molar-refractivity contribution in [2.24, 2.45) is 0 Å². The number of benzene rings is 1. The number of pyridine rings is 1. The molecule has 0 amide bonds. The second-order valence-corrected chi connectivity index (χ2v) is 5.05. The van der Waals surface area contributed by atoms with Crippen molar-refractivity contribution in [3.8, 4) is 17.0 Å². The molecule has 7 heteroatoms. The Balaban J connectivity index is 2.38. The van der Waals surface area contributed by atoms with Crippen molar-refractivity contribution in [1.82, 2.24) is 15.0 Å². The summed E-state index contributed by atoms with van der Waals surface area (Å²) in [6.45, 7) is 1.87. The summed E-state index contributed by atoms with van der Waals surface area (Å²) in [5, 5.41) is 10.3. The Kier molecular flexibility index (Phi) is 3.03. The summed E-state index contributed by atoms with van der Waals surface area (Å²) in [5.74, 6) is 0.0153. The van der Waals surface area contributed by atoms with Crippen molar-refractivity contribution in [1.29, 1.82) is 0 Å². The summed E-state index contributed by atoms with van der Waals surface area (Å²) in [5.41, 5.74) is 0.545. The quantitative estimate of drug-likeness (QED) is 0.640. The van der Waals surface area contributed by atoms with Gasteiger partial charge in [-0.3, -0.25) is 14.8 Å². The molecule has 0 unspecified atom stereocenters. The highest BCUT2D eigenvalue weighted by Gasteiger charge is 2.14. The summed E-state index contributed by atoms with van der Waals surface area (Å²) < 4.78 is 0. The number of phenols is 1. The lowest BCUT2D eigenvalue weighted by molar-refractivity contribution is 0.477. The predicted octanol–water partition coefficient (Wildman–Crippen LogP) is 1.95. The molecule has 0 saturated heterocycles. The number of hydrogen-bond acceptors (Lipinski definition) is 4. The normalized spacial score (nSPS) is 11.0. The fourth-order valence-electron chi connectivity index (χ4n) is 2.09. The minimum absolute atomic E-state index is 0.0153. The lowest BCUT2D eigenvalue weighted by atomic mass is 10.1. The molecule has 3 aromatic rings. The zero-order chi connectivity index (χ0) is 15.1. The van der Waals surface area contributed by atoms with Crippen LogP contribution in [0.1, 0.15) is 5.56 Å². The average Bonchev–Trinajstić information content (AvgIpc) is 2.42. The molecule has 2 heterocycles. The molecular weight excluding hydrogens is 294 g/mol. The molecule has 0 aliphatic rings. The van der Waals surface area contributed by atoms with Gasteiger partial charge in [-0.25, -0.2) is 9.78 Å². The van der Waals surface area contributed by atoms with E-state index in [0.29, 0.717) is 11.3 Å². The van der Waals surface area contributed by atoms with E-state index >= 15 is 0 Å². The predicted molar refractivity (Wildman–Crippen MR) is 79.8 cm³/mol. The number of aromatic hydroxyl groups is 1. The molecule has 21 heavy (non-hydrogen) atoms. The highest BCUT2D eigenvalue weighted by Crippen LogP contribution is 2.34. The Morgan fingerprint density at radius 2 is 1.95 bits per heavy atom. The number of halogens is 1. The van der Waals surface area contributed by atoms with E-state index in [1.165, 1.54) is 12.1 Å². The van der Waals surface area contributed by atoms with Crippen LogP contribution in [0.15, 0.2) is 33.9 Å². The number of phenolic OH excluding ortho intramolecular Hbond substituents is 1. The van der Waals surface area contributed by atoms with Gasteiger partial charge in [-0.05, 0) is 25.1 Å². The second kappa shape index (κ2) is 4.75. The van der Waals surface area contributed by atoms with Crippen LogP contribution in [-0.4, -0.2) is 20.1 Å². The van der Waals surface area contributed by atoms with Crippen LogP contribution in [-0.2, 0) is 0 Å². The molecule has 2 aromatic heterocycles. The van der Waals surface area contributed by atoms with Gasteiger partial charge >= 0.3 is 5.69 Å². The van der Waals surface area contributed by atoms with E-state index in [4.69, 9.17) is 11.6 Å². The highest BCUT2D eigenvalue weighted by atomic mass is 35.5. The molecule has 0 radical (unpaired) electrons. The molecule has 6 nitrogen and oxygen atoms in total. The maximum atomic E-state index is 11.7. The van der Waals surface area contributed by atoms with Crippen LogP contribution in [0.25, 0.3) is 22.3 Å². The average molecular weight is 304 g/mol. The summed E-state index contributed by atoms with van der Waals surface area (Å²) in [6.07, 6.45) is 0. The van der Waals surface area contributed by atoms with Gasteiger partial charge in [0.2, 0.25) is 0 Å². The van der Waals surface area contributed by atoms with E-state index in [1.807, 2.05) is 6.92 Å². The van der Waals surface area contributed by atoms with Crippen LogP contribution in [0, 0.1) is 6.92 Å². The summed E-state index contributed by atoms with van der Waals surface area (Å²) >= 11 is 6.16. The van der Waals surface area contributed by atoms with Crippen molar-refractivity contribution < 1.29 is 5.11 Å². The third kappa shape index (κ3) is 2.30. The summed E-state index contributed by atoms with van der Waals surface area (Å²) in [6, 6.07) is 6.42. The smallest absolute Gasteiger partial charge is 0.327 e. The van der Waals surface area contributed by atoms with E-state index in [9.17, 15) is 14.7 Å². The fraction of sp³-hybridized carbons (Fsp3) is 0.0714. The first-order valence-electron chi connectivity index (χ1n) is 6.08. The van der Waals surface area contributed by atoms with Crippen LogP contribution in [0.2, 0.25) is 5.02 Å². The van der Waals surface area contributed by atoms with Crippen molar-refractivity contribution in [3.05, 3.63) is 55.7 Å². The topological polar surface area (TPSA) is 98.8 Å². The molecule has 1 aromatic carbocycles. The Labute approximate surface area is 123 Å². The van der Waals surface area contributed by atoms with Gasteiger partial charge in [0.05, 0.1) is 16.1 Å². The van der Waals surface area contributed by atoms with Crippen LogP contribution >= 0.6 is 11.6 Å². The number of nitrogens with zero attached hydrogens (tertiary/aromatic N) is 1. The SMILES string of the molecule is Cc1ccc(O)c(-c2nc3[nH]c(=O)[nH]c(=O)c3cc2Cl)c1. The number of aryl methyl sites for hydroxylation is 1. The zero-order valence-electron chi connectivity index (χ0n) is 10.9. The zero-order valence-corrected chi connectivity index (χ0v) is 11.7. The largest absolute Gasteiger partial charge is 0.507 e. The number of aromatic nitrogens is 3. The second-order valence-electron chi connectivity index (χ2n) is 4.64. The molecule has 0 aliphatic carbocycles. The fourth-order valence-corrected chi connectivity index (χ4v) is 2.35. The van der Waals surface area contributed by atoms with Crippen molar-refractivity contribution >= 4 is 22.6 Å². The number of rotatable bonds is 1. The molecular formula is C14H10ClN3O3. The third-order valence-corrected chi connectivity index (χ3v) is 3.37. The van der Waals surface area contributed by atoms with Crippen molar-refractivity contribution in [2.45, 2.75) is 6.92 Å². The minimum atomic E-state index is -0.651. The number of fused-ring (bicyclic) bond motifs is 1. The number of nitrogens with one attached hydrogen (secondary N) is 2. The summed E-state index contributed by atoms with van der Waals surface area (Å²) in [7, 11) is 0. The van der Waals surface area contributed by atoms with E-state index in [0.717, 1.165) is 5.56 Å². The van der Waals surface area contributed by atoms with Gasteiger partial charge in [0.1, 0.15) is 11.4 Å². The number of hydrogen-bond donors (Lipinski definition) is 3. The molecule has 3 rings (SSSR count). The molecule has 3 N–H and O–H groups in total. The number of H-pyrrole nitrogens is 2. The maximum Gasteiger partial charge on any atom is 0.327 e. The van der Waals surface area contributed by atoms with E-state index in [-0.39, 0.29) is 21.8 Å². The molecule has 106 valence electrons. The van der Waals surface area contributed by atoms with Gasteiger partial charge < -0.3 is 5.11 Å². The van der Waals surface area contributed by atoms with Crippen molar-refractivity contribution in [3.63, 3.8) is 0 Å². The minimum Gasteiger partial charge on any atom is -0.507 e. The van der Waals surface area contributed by atoms with E-state index in [2.05, 4.69) is 15.0 Å². The van der Waals surface area contributed by atoms with Crippen LogP contribution in [0.3, 0.4) is 0 Å². The Morgan fingerprint density at radius 1 is 1.19 bits per heavy atom. The Bertz CT molecular complexity index is 975. The summed E-state index contributed by atoms with van der Waals surface area (Å²) in [4.78, 5) is 31.8. The molecule has 0 aliphatic heterocycles. The molecule has 0 bridgehead atoms. The molecule has 0 saturated carbocycles. The first-order valence-corrected chi connectivity index (χ1v) is 6.46. The third-order valence-electron chi connectivity index (χ3n) is 3.09. The Morgan fingerprint density at radius 3 is 2.71 bits per heavy atom. The van der Waals surface area contributed by atoms with Gasteiger partial charge in [-0.1, -0.05) is 23.2 Å². The Hall–Kier alpha value is -2.60. The first kappa shape index (κ1) is 13.4. The van der Waals surface area contributed by atoms with Crippen LogP contribution < -0.4 is 11.2 Å². The first-order chi connectivity index (χ1) is 9.95. The van der Waals surface area contributed by atoms with Crippen LogP contribution in [0.5, 0.6) is 5.75 Å². The lowest BCUT2D eigenvalue weighted by Crippen LogP contribution is -2.22. The highest BCUT2D eigenvalue weighted by molar-refractivity contribution is 6.33. The van der Waals surface area contributed by atoms with Gasteiger partial charge in [-0.2, -0.15) is 0 Å². The van der Waals surface area contributed by atoms with Gasteiger partial charge in [0, 0.05) is 5.56 Å². The molecule has 0 fully saturated rings. The number of aromatic amines is 2. The molecule has 0 atom stereocenters. The van der Waals surface area contributed by atoms with Gasteiger partial charge in [-0.15, -0.1) is 0 Å². The van der Waals surface area contributed by atoms with Gasteiger partial charge in [0.25, 0.3) is 5.56 Å². The monoisotopic (exact) mass is 303 g/mol. The maximum absolute atomic E-state index is 11.7. The van der Waals surface area contributed by atoms with Gasteiger partial charge in [0.15, 0.2) is 0 Å². The van der Waals surface area contributed by atoms with Crippen molar-refractivity contribution in [2.75, 3.05) is 0 Å².